The second-order valence-corrected chi connectivity index (χ2v) is 6.24. The molecule has 3 rings (SSSR count). The molecule has 4 heteroatoms. The van der Waals surface area contributed by atoms with E-state index in [-0.39, 0.29) is 6.04 Å². The highest BCUT2D eigenvalue weighted by atomic mass is 79.9. The number of hydrogen-bond donors (Lipinski definition) is 1. The minimum Gasteiger partial charge on any atom is -0.493 e. The van der Waals surface area contributed by atoms with Crippen molar-refractivity contribution in [2.45, 2.75) is 19.4 Å². The van der Waals surface area contributed by atoms with Crippen LogP contribution in [0, 0.1) is 0 Å². The molecule has 22 heavy (non-hydrogen) atoms. The number of fused-ring (bicyclic) bond motifs is 1. The average molecular weight is 362 g/mol. The van der Waals surface area contributed by atoms with Crippen LogP contribution in [0.15, 0.2) is 40.9 Å². The first-order valence-electron chi connectivity index (χ1n) is 7.55. The molecule has 1 unspecified atom stereocenters. The van der Waals surface area contributed by atoms with Crippen molar-refractivity contribution in [3.63, 3.8) is 0 Å². The average Bonchev–Trinajstić information content (AvgIpc) is 2.54. The molecule has 0 fully saturated rings. The monoisotopic (exact) mass is 361 g/mol. The lowest BCUT2D eigenvalue weighted by atomic mass is 9.89. The third-order valence-electron chi connectivity index (χ3n) is 3.96. The van der Waals surface area contributed by atoms with Crippen molar-refractivity contribution >= 4 is 15.9 Å². The van der Waals surface area contributed by atoms with E-state index in [0.717, 1.165) is 28.9 Å². The molecule has 0 aromatic heterocycles. The molecular weight excluding hydrogens is 342 g/mol. The fourth-order valence-electron chi connectivity index (χ4n) is 2.98. The fourth-order valence-corrected chi connectivity index (χ4v) is 3.39. The molecule has 0 aliphatic carbocycles. The van der Waals surface area contributed by atoms with Crippen LogP contribution in [0.1, 0.15) is 29.7 Å². The van der Waals surface area contributed by atoms with Gasteiger partial charge >= 0.3 is 0 Å². The van der Waals surface area contributed by atoms with Crippen molar-refractivity contribution in [1.29, 1.82) is 0 Å². The minimum absolute atomic E-state index is 0.186. The maximum absolute atomic E-state index is 5.74. The molecule has 2 aromatic rings. The van der Waals surface area contributed by atoms with E-state index in [1.165, 1.54) is 16.7 Å². The summed E-state index contributed by atoms with van der Waals surface area (Å²) in [4.78, 5) is 0. The van der Waals surface area contributed by atoms with Crippen molar-refractivity contribution in [3.8, 4) is 11.5 Å². The van der Waals surface area contributed by atoms with Crippen LogP contribution in [-0.2, 0) is 6.42 Å². The topological polar surface area (TPSA) is 30.5 Å². The molecule has 0 spiro atoms. The van der Waals surface area contributed by atoms with Gasteiger partial charge in [0.05, 0.1) is 19.8 Å². The molecule has 3 nitrogen and oxygen atoms in total. The zero-order chi connectivity index (χ0) is 15.5. The Bertz CT molecular complexity index is 672. The fraction of sp³-hybridized carbons (Fsp3) is 0.333. The predicted octanol–water partition coefficient (Wildman–Crippen LogP) is 4.09. The summed E-state index contributed by atoms with van der Waals surface area (Å²) < 4.78 is 12.3. The lowest BCUT2D eigenvalue weighted by Gasteiger charge is -2.28. The van der Waals surface area contributed by atoms with Gasteiger partial charge in [-0.2, -0.15) is 0 Å². The Labute approximate surface area is 139 Å². The second-order valence-electron chi connectivity index (χ2n) is 5.33. The summed E-state index contributed by atoms with van der Waals surface area (Å²) in [6, 6.07) is 12.9. The van der Waals surface area contributed by atoms with E-state index in [1.807, 2.05) is 13.0 Å². The van der Waals surface area contributed by atoms with Gasteiger partial charge in [0.25, 0.3) is 0 Å². The molecule has 1 atom stereocenters. The summed E-state index contributed by atoms with van der Waals surface area (Å²) >= 11 is 3.56. The first-order valence-corrected chi connectivity index (χ1v) is 8.34. The van der Waals surface area contributed by atoms with E-state index in [9.17, 15) is 0 Å². The lowest BCUT2D eigenvalue weighted by molar-refractivity contribution is 0.309. The number of halogens is 1. The van der Waals surface area contributed by atoms with Crippen LogP contribution in [0.4, 0.5) is 0 Å². The smallest absolute Gasteiger partial charge is 0.161 e. The molecule has 0 amide bonds. The maximum atomic E-state index is 5.74. The Balaban J connectivity index is 2.06. The van der Waals surface area contributed by atoms with Crippen LogP contribution in [0.25, 0.3) is 0 Å². The molecule has 2 aromatic carbocycles. The van der Waals surface area contributed by atoms with Gasteiger partial charge < -0.3 is 14.8 Å². The quantitative estimate of drug-likeness (QED) is 0.889. The van der Waals surface area contributed by atoms with E-state index in [1.54, 1.807) is 7.11 Å². The summed E-state index contributed by atoms with van der Waals surface area (Å²) in [7, 11) is 1.69. The SMILES string of the molecule is CCOc1cc2c(cc1OC)CCNC2c1cccc(Br)c1. The molecule has 1 heterocycles. The van der Waals surface area contributed by atoms with Crippen LogP contribution in [0.5, 0.6) is 11.5 Å². The highest BCUT2D eigenvalue weighted by Crippen LogP contribution is 2.37. The van der Waals surface area contributed by atoms with Gasteiger partial charge in [-0.1, -0.05) is 28.1 Å². The molecular formula is C18H20BrNO2. The standard InChI is InChI=1S/C18H20BrNO2/c1-3-22-17-11-15-12(10-16(17)21-2)7-8-20-18(15)13-5-4-6-14(19)9-13/h4-6,9-11,18,20H,3,7-8H2,1-2H3. The second kappa shape index (κ2) is 6.71. The molecule has 1 aliphatic heterocycles. The van der Waals surface area contributed by atoms with Gasteiger partial charge in [-0.15, -0.1) is 0 Å². The van der Waals surface area contributed by atoms with Gasteiger partial charge in [-0.3, -0.25) is 0 Å². The van der Waals surface area contributed by atoms with Gasteiger partial charge in [-0.25, -0.2) is 0 Å². The Morgan fingerprint density at radius 1 is 1.23 bits per heavy atom. The zero-order valence-electron chi connectivity index (χ0n) is 12.9. The number of nitrogens with one attached hydrogen (secondary N) is 1. The molecule has 1 aliphatic rings. The predicted molar refractivity (Wildman–Crippen MR) is 91.9 cm³/mol. The molecule has 1 N–H and O–H groups in total. The van der Waals surface area contributed by atoms with Crippen molar-refractivity contribution < 1.29 is 9.47 Å². The van der Waals surface area contributed by atoms with Crippen LogP contribution in [-0.4, -0.2) is 20.3 Å². The first-order chi connectivity index (χ1) is 10.7. The van der Waals surface area contributed by atoms with Gasteiger partial charge in [0.1, 0.15) is 0 Å². The van der Waals surface area contributed by atoms with Crippen molar-refractivity contribution in [2.75, 3.05) is 20.3 Å². The molecule has 0 bridgehead atoms. The number of rotatable bonds is 4. The normalized spacial score (nSPS) is 17.0. The van der Waals surface area contributed by atoms with Crippen LogP contribution in [0.2, 0.25) is 0 Å². The van der Waals surface area contributed by atoms with Crippen molar-refractivity contribution in [1.82, 2.24) is 5.32 Å². The summed E-state index contributed by atoms with van der Waals surface area (Å²) in [6.45, 7) is 3.58. The largest absolute Gasteiger partial charge is 0.493 e. The van der Waals surface area contributed by atoms with Crippen LogP contribution in [0.3, 0.4) is 0 Å². The molecule has 0 saturated heterocycles. The molecule has 0 saturated carbocycles. The lowest BCUT2D eigenvalue weighted by Crippen LogP contribution is -2.30. The van der Waals surface area contributed by atoms with Gasteiger partial charge in [0, 0.05) is 11.0 Å². The summed E-state index contributed by atoms with van der Waals surface area (Å²) in [6.07, 6.45) is 1.00. The van der Waals surface area contributed by atoms with Crippen molar-refractivity contribution in [2.24, 2.45) is 0 Å². The van der Waals surface area contributed by atoms with Crippen LogP contribution < -0.4 is 14.8 Å². The number of methoxy groups -OCH3 is 1. The van der Waals surface area contributed by atoms with Gasteiger partial charge in [-0.05, 0) is 54.3 Å². The van der Waals surface area contributed by atoms with E-state index < -0.39 is 0 Å². The van der Waals surface area contributed by atoms with Gasteiger partial charge in [0.15, 0.2) is 11.5 Å². The number of benzene rings is 2. The summed E-state index contributed by atoms with van der Waals surface area (Å²) in [5, 5.41) is 3.61. The Morgan fingerprint density at radius 2 is 2.09 bits per heavy atom. The van der Waals surface area contributed by atoms with Crippen LogP contribution >= 0.6 is 15.9 Å². The minimum atomic E-state index is 0.186. The number of hydrogen-bond acceptors (Lipinski definition) is 3. The third-order valence-corrected chi connectivity index (χ3v) is 4.45. The van der Waals surface area contributed by atoms with Crippen molar-refractivity contribution in [3.05, 3.63) is 57.6 Å². The van der Waals surface area contributed by atoms with E-state index in [2.05, 4.69) is 51.6 Å². The molecule has 0 radical (unpaired) electrons. The van der Waals surface area contributed by atoms with E-state index in [0.29, 0.717) is 6.61 Å². The van der Waals surface area contributed by atoms with Gasteiger partial charge in [0.2, 0.25) is 0 Å². The zero-order valence-corrected chi connectivity index (χ0v) is 14.4. The third kappa shape index (κ3) is 2.99. The highest BCUT2D eigenvalue weighted by Gasteiger charge is 2.24. The Morgan fingerprint density at radius 3 is 2.82 bits per heavy atom. The first kappa shape index (κ1) is 15.4. The number of ether oxygens (including phenoxy) is 2. The molecule has 116 valence electrons. The Hall–Kier alpha value is -1.52. The summed E-state index contributed by atoms with van der Waals surface area (Å²) in [5.41, 5.74) is 3.85. The van der Waals surface area contributed by atoms with E-state index in [4.69, 9.17) is 9.47 Å². The van der Waals surface area contributed by atoms with E-state index >= 15 is 0 Å². The highest BCUT2D eigenvalue weighted by molar-refractivity contribution is 9.10. The maximum Gasteiger partial charge on any atom is 0.161 e. The summed E-state index contributed by atoms with van der Waals surface area (Å²) in [5.74, 6) is 1.63. The Kier molecular flexibility index (Phi) is 4.69.